The summed E-state index contributed by atoms with van der Waals surface area (Å²) in [6, 6.07) is 0.0125. The van der Waals surface area contributed by atoms with Crippen molar-refractivity contribution in [3.05, 3.63) is 0 Å². The lowest BCUT2D eigenvalue weighted by atomic mass is 9.86. The number of nitrogens with zero attached hydrogens (tertiary/aromatic N) is 2. The van der Waals surface area contributed by atoms with Gasteiger partial charge in [0, 0.05) is 44.7 Å². The summed E-state index contributed by atoms with van der Waals surface area (Å²) in [6.45, 7) is 5.61. The zero-order chi connectivity index (χ0) is 13.9. The van der Waals surface area contributed by atoms with Gasteiger partial charge < -0.3 is 15.5 Å². The third-order valence-corrected chi connectivity index (χ3v) is 4.35. The van der Waals surface area contributed by atoms with Gasteiger partial charge in [-0.1, -0.05) is 0 Å². The van der Waals surface area contributed by atoms with Crippen molar-refractivity contribution in [3.8, 4) is 0 Å². The molecule has 0 bridgehead atoms. The third kappa shape index (κ3) is 3.00. The highest BCUT2D eigenvalue weighted by atomic mass is 16.2. The van der Waals surface area contributed by atoms with Crippen molar-refractivity contribution >= 4 is 11.9 Å². The second-order valence-corrected chi connectivity index (χ2v) is 5.50. The Balaban J connectivity index is 2.08. The Morgan fingerprint density at radius 3 is 2.95 bits per heavy atom. The molecule has 2 rings (SSSR count). The van der Waals surface area contributed by atoms with Crippen LogP contribution in [-0.2, 0) is 4.79 Å². The second-order valence-electron chi connectivity index (χ2n) is 5.50. The van der Waals surface area contributed by atoms with E-state index >= 15 is 0 Å². The number of rotatable bonds is 1. The van der Waals surface area contributed by atoms with Gasteiger partial charge in [-0.2, -0.15) is 0 Å². The van der Waals surface area contributed by atoms with Crippen LogP contribution >= 0.6 is 0 Å². The first-order chi connectivity index (χ1) is 9.07. The van der Waals surface area contributed by atoms with Gasteiger partial charge in [0.15, 0.2) is 0 Å². The molecule has 0 aliphatic carbocycles. The minimum absolute atomic E-state index is 0.0125. The van der Waals surface area contributed by atoms with Crippen LogP contribution in [0.3, 0.4) is 0 Å². The molecule has 6 heteroatoms. The molecule has 1 atom stereocenters. The monoisotopic (exact) mass is 268 g/mol. The van der Waals surface area contributed by atoms with E-state index in [1.807, 2.05) is 11.8 Å². The van der Waals surface area contributed by atoms with Crippen molar-refractivity contribution < 1.29 is 9.59 Å². The van der Waals surface area contributed by atoms with Crippen LogP contribution in [-0.4, -0.2) is 67.0 Å². The first kappa shape index (κ1) is 14.1. The van der Waals surface area contributed by atoms with E-state index in [-0.39, 0.29) is 17.5 Å². The van der Waals surface area contributed by atoms with Gasteiger partial charge >= 0.3 is 6.03 Å². The van der Waals surface area contributed by atoms with Crippen molar-refractivity contribution in [2.24, 2.45) is 0 Å². The number of hydrogen-bond acceptors (Lipinski definition) is 3. The number of hydrogen-bond donors (Lipinski definition) is 2. The summed E-state index contributed by atoms with van der Waals surface area (Å²) in [5, 5.41) is 5.78. The van der Waals surface area contributed by atoms with Gasteiger partial charge in [0.1, 0.15) is 0 Å². The third-order valence-electron chi connectivity index (χ3n) is 4.35. The van der Waals surface area contributed by atoms with Crippen molar-refractivity contribution in [1.29, 1.82) is 0 Å². The van der Waals surface area contributed by atoms with Crippen molar-refractivity contribution in [2.45, 2.75) is 31.7 Å². The fraction of sp³-hybridized carbons (Fsp3) is 0.846. The van der Waals surface area contributed by atoms with Gasteiger partial charge in [-0.3, -0.25) is 9.69 Å². The van der Waals surface area contributed by atoms with Crippen LogP contribution < -0.4 is 10.6 Å². The summed E-state index contributed by atoms with van der Waals surface area (Å²) >= 11 is 0. The molecular formula is C13H24N4O2. The number of likely N-dealkylation sites (N-methyl/N-ethyl adjacent to an activating group) is 1. The average Bonchev–Trinajstić information content (AvgIpc) is 2.57. The Morgan fingerprint density at radius 1 is 1.42 bits per heavy atom. The maximum Gasteiger partial charge on any atom is 0.317 e. The van der Waals surface area contributed by atoms with Crippen molar-refractivity contribution in [2.75, 3.05) is 39.8 Å². The summed E-state index contributed by atoms with van der Waals surface area (Å²) in [4.78, 5) is 27.7. The van der Waals surface area contributed by atoms with Gasteiger partial charge in [0.25, 0.3) is 0 Å². The second kappa shape index (κ2) is 5.77. The lowest BCUT2D eigenvalue weighted by Gasteiger charge is -2.49. The first-order valence-corrected chi connectivity index (χ1v) is 7.08. The quantitative estimate of drug-likeness (QED) is 0.704. The molecule has 2 saturated heterocycles. The number of piperazine rings is 1. The molecule has 2 N–H and O–H groups in total. The summed E-state index contributed by atoms with van der Waals surface area (Å²) < 4.78 is 0. The van der Waals surface area contributed by atoms with E-state index in [1.54, 1.807) is 0 Å². The van der Waals surface area contributed by atoms with Crippen molar-refractivity contribution in [3.63, 3.8) is 0 Å². The molecule has 0 aromatic carbocycles. The van der Waals surface area contributed by atoms with Crippen LogP contribution in [0.1, 0.15) is 26.2 Å². The van der Waals surface area contributed by atoms with Crippen LogP contribution in [0.2, 0.25) is 0 Å². The zero-order valence-electron chi connectivity index (χ0n) is 11.9. The van der Waals surface area contributed by atoms with Crippen LogP contribution in [0.15, 0.2) is 0 Å². The highest BCUT2D eigenvalue weighted by Crippen LogP contribution is 2.30. The van der Waals surface area contributed by atoms with E-state index in [2.05, 4.69) is 22.6 Å². The van der Waals surface area contributed by atoms with Crippen LogP contribution in [0.25, 0.3) is 0 Å². The molecule has 2 heterocycles. The SMILES string of the molecule is CCNC(=O)N1CCN(C)[C@]2(CCNC(=O)CC2)C1. The summed E-state index contributed by atoms with van der Waals surface area (Å²) in [5.41, 5.74) is -0.0531. The van der Waals surface area contributed by atoms with Crippen LogP contribution in [0.4, 0.5) is 4.79 Å². The van der Waals surface area contributed by atoms with Gasteiger partial charge in [0.05, 0.1) is 0 Å². The predicted octanol–water partition coefficient (Wildman–Crippen LogP) is 0.00220. The fourth-order valence-electron chi connectivity index (χ4n) is 3.03. The molecule has 108 valence electrons. The molecule has 0 radical (unpaired) electrons. The van der Waals surface area contributed by atoms with Crippen molar-refractivity contribution in [1.82, 2.24) is 20.4 Å². The minimum atomic E-state index is -0.0531. The normalized spacial score (nSPS) is 28.9. The molecule has 0 aromatic heterocycles. The van der Waals surface area contributed by atoms with E-state index in [0.717, 1.165) is 25.9 Å². The van der Waals surface area contributed by atoms with E-state index in [4.69, 9.17) is 0 Å². The fourth-order valence-corrected chi connectivity index (χ4v) is 3.03. The highest BCUT2D eigenvalue weighted by Gasteiger charge is 2.41. The lowest BCUT2D eigenvalue weighted by molar-refractivity contribution is -0.121. The van der Waals surface area contributed by atoms with Gasteiger partial charge in [-0.15, -0.1) is 0 Å². The molecule has 0 saturated carbocycles. The predicted molar refractivity (Wildman–Crippen MR) is 72.9 cm³/mol. The summed E-state index contributed by atoms with van der Waals surface area (Å²) in [6.07, 6.45) is 2.28. The molecule has 6 nitrogen and oxygen atoms in total. The highest BCUT2D eigenvalue weighted by molar-refractivity contribution is 5.76. The molecule has 3 amide bonds. The zero-order valence-corrected chi connectivity index (χ0v) is 11.9. The molecule has 19 heavy (non-hydrogen) atoms. The number of urea groups is 1. The average molecular weight is 268 g/mol. The maximum absolute atomic E-state index is 12.0. The number of carbonyl (C=O) groups excluding carboxylic acids is 2. The molecule has 2 fully saturated rings. The summed E-state index contributed by atoms with van der Waals surface area (Å²) in [5.74, 6) is 0.125. The number of nitrogens with one attached hydrogen (secondary N) is 2. The van der Waals surface area contributed by atoms with Gasteiger partial charge in [-0.05, 0) is 26.8 Å². The number of carbonyl (C=O) groups is 2. The largest absolute Gasteiger partial charge is 0.356 e. The Hall–Kier alpha value is -1.30. The van der Waals surface area contributed by atoms with Gasteiger partial charge in [0.2, 0.25) is 5.91 Å². The Bertz CT molecular complexity index is 361. The van der Waals surface area contributed by atoms with E-state index in [9.17, 15) is 9.59 Å². The van der Waals surface area contributed by atoms with Gasteiger partial charge in [-0.25, -0.2) is 4.79 Å². The van der Waals surface area contributed by atoms with Crippen LogP contribution in [0.5, 0.6) is 0 Å². The minimum Gasteiger partial charge on any atom is -0.356 e. The standard InChI is InChI=1S/C13H24N4O2/c1-3-14-12(19)17-9-8-16(2)13(10-17)5-4-11(18)15-7-6-13/h3-10H2,1-2H3,(H,14,19)(H,15,18)/t13-/m1/s1. The number of amides is 3. The Kier molecular flexibility index (Phi) is 4.29. The Morgan fingerprint density at radius 2 is 2.21 bits per heavy atom. The first-order valence-electron chi connectivity index (χ1n) is 7.08. The molecule has 0 unspecified atom stereocenters. The Labute approximate surface area is 114 Å². The lowest BCUT2D eigenvalue weighted by Crippen LogP contribution is -2.63. The maximum atomic E-state index is 12.0. The van der Waals surface area contributed by atoms with Crippen LogP contribution in [0, 0.1) is 0 Å². The molecule has 1 spiro atoms. The van der Waals surface area contributed by atoms with E-state index in [0.29, 0.717) is 26.1 Å². The molecular weight excluding hydrogens is 244 g/mol. The molecule has 2 aliphatic heterocycles. The molecule has 2 aliphatic rings. The van der Waals surface area contributed by atoms with E-state index in [1.165, 1.54) is 0 Å². The summed E-state index contributed by atoms with van der Waals surface area (Å²) in [7, 11) is 2.10. The topological polar surface area (TPSA) is 64.7 Å². The van der Waals surface area contributed by atoms with E-state index < -0.39 is 0 Å². The molecule has 0 aromatic rings. The smallest absolute Gasteiger partial charge is 0.317 e.